The van der Waals surface area contributed by atoms with Crippen LogP contribution in [0.15, 0.2) is 71.6 Å². The van der Waals surface area contributed by atoms with Crippen LogP contribution in [0.3, 0.4) is 0 Å². The molecule has 37 heavy (non-hydrogen) atoms. The summed E-state index contributed by atoms with van der Waals surface area (Å²) < 4.78 is 40.1. The molecule has 1 heterocycles. The van der Waals surface area contributed by atoms with Gasteiger partial charge in [-0.1, -0.05) is 56.7 Å². The fourth-order valence-electron chi connectivity index (χ4n) is 4.07. The highest BCUT2D eigenvalue weighted by molar-refractivity contribution is 7.92. The maximum absolute atomic E-state index is 13.6. The van der Waals surface area contributed by atoms with Crippen molar-refractivity contribution < 1.29 is 22.7 Å². The molecule has 1 unspecified atom stereocenters. The lowest BCUT2D eigenvalue weighted by Crippen LogP contribution is -2.51. The normalized spacial score (nSPS) is 15.5. The minimum absolute atomic E-state index is 0.0602. The van der Waals surface area contributed by atoms with Crippen LogP contribution < -0.4 is 19.1 Å². The third-order valence-electron chi connectivity index (χ3n) is 6.28. The number of hydrogen-bond acceptors (Lipinski definition) is 5. The average molecular weight is 523 g/mol. The van der Waals surface area contributed by atoms with Gasteiger partial charge in [0.05, 0.1) is 23.7 Å². The highest BCUT2D eigenvalue weighted by atomic mass is 32.2. The van der Waals surface area contributed by atoms with Crippen LogP contribution in [0, 0.1) is 13.8 Å². The van der Waals surface area contributed by atoms with Crippen molar-refractivity contribution in [3.8, 4) is 11.5 Å². The summed E-state index contributed by atoms with van der Waals surface area (Å²) in [4.78, 5) is 13.1. The summed E-state index contributed by atoms with van der Waals surface area (Å²) in [6.45, 7) is 10.6. The number of rotatable bonds is 7. The van der Waals surface area contributed by atoms with Crippen LogP contribution >= 0.6 is 0 Å². The molecule has 1 amide bonds. The summed E-state index contributed by atoms with van der Waals surface area (Å²) in [5.74, 6) is 0.667. The molecule has 8 heteroatoms. The SMILES string of the molecule is Cc1ccc(S(=O)(=O)N2CC(C(=O)NCCOc3ccc(C(C)(C)C)cc3)Oc3ccc(C)cc32)cc1. The first-order valence-corrected chi connectivity index (χ1v) is 13.8. The number of carbonyl (C=O) groups excluding carboxylic acids is 1. The van der Waals surface area contributed by atoms with E-state index in [9.17, 15) is 13.2 Å². The number of amides is 1. The van der Waals surface area contributed by atoms with Gasteiger partial charge < -0.3 is 14.8 Å². The lowest BCUT2D eigenvalue weighted by molar-refractivity contribution is -0.127. The fourth-order valence-corrected chi connectivity index (χ4v) is 5.54. The summed E-state index contributed by atoms with van der Waals surface area (Å²) >= 11 is 0. The maximum Gasteiger partial charge on any atom is 0.264 e. The molecule has 3 aromatic carbocycles. The Morgan fingerprint density at radius 2 is 1.65 bits per heavy atom. The van der Waals surface area contributed by atoms with Gasteiger partial charge in [-0.25, -0.2) is 8.42 Å². The van der Waals surface area contributed by atoms with Crippen LogP contribution in [0.25, 0.3) is 0 Å². The minimum Gasteiger partial charge on any atom is -0.492 e. The van der Waals surface area contributed by atoms with E-state index < -0.39 is 22.0 Å². The monoisotopic (exact) mass is 522 g/mol. The van der Waals surface area contributed by atoms with Gasteiger partial charge in [-0.05, 0) is 66.8 Å². The summed E-state index contributed by atoms with van der Waals surface area (Å²) in [5.41, 5.74) is 3.55. The predicted octanol–water partition coefficient (Wildman–Crippen LogP) is 4.75. The Labute approximate surface area is 219 Å². The second kappa shape index (κ2) is 10.5. The highest BCUT2D eigenvalue weighted by Gasteiger charge is 2.37. The van der Waals surface area contributed by atoms with Gasteiger partial charge in [-0.15, -0.1) is 0 Å². The number of carbonyl (C=O) groups is 1. The van der Waals surface area contributed by atoms with E-state index in [2.05, 4.69) is 26.1 Å². The molecule has 0 spiro atoms. The zero-order chi connectivity index (χ0) is 26.8. The molecule has 0 aromatic heterocycles. The molecule has 196 valence electrons. The summed E-state index contributed by atoms with van der Waals surface area (Å²) in [6, 6.07) is 19.9. The number of aryl methyl sites for hydroxylation is 2. The number of fused-ring (bicyclic) bond motifs is 1. The van der Waals surface area contributed by atoms with Gasteiger partial charge in [0.25, 0.3) is 15.9 Å². The average Bonchev–Trinajstić information content (AvgIpc) is 2.85. The molecular weight excluding hydrogens is 488 g/mol. The first-order chi connectivity index (χ1) is 17.4. The zero-order valence-electron chi connectivity index (χ0n) is 21.9. The van der Waals surface area contributed by atoms with E-state index in [1.165, 1.54) is 9.87 Å². The lowest BCUT2D eigenvalue weighted by Gasteiger charge is -2.35. The Bertz CT molecular complexity index is 1360. The molecule has 4 rings (SSSR count). The minimum atomic E-state index is -3.90. The van der Waals surface area contributed by atoms with Gasteiger partial charge in [0.15, 0.2) is 6.10 Å². The van der Waals surface area contributed by atoms with Gasteiger partial charge in [0, 0.05) is 0 Å². The summed E-state index contributed by atoms with van der Waals surface area (Å²) in [5, 5.41) is 2.81. The van der Waals surface area contributed by atoms with Crippen LogP contribution in [0.4, 0.5) is 5.69 Å². The Kier molecular flexibility index (Phi) is 7.50. The van der Waals surface area contributed by atoms with Crippen LogP contribution in [0.5, 0.6) is 11.5 Å². The molecular formula is C29H34N2O5S. The lowest BCUT2D eigenvalue weighted by atomic mass is 9.87. The van der Waals surface area contributed by atoms with Crippen molar-refractivity contribution in [3.63, 3.8) is 0 Å². The molecule has 0 fully saturated rings. The van der Waals surface area contributed by atoms with E-state index in [1.54, 1.807) is 36.4 Å². The Morgan fingerprint density at radius 1 is 1.00 bits per heavy atom. The van der Waals surface area contributed by atoms with E-state index in [4.69, 9.17) is 9.47 Å². The standard InChI is InChI=1S/C29H34N2O5S/c1-20-6-13-24(14-7-20)37(33,34)31-19-27(36-26-15-8-21(2)18-25(26)31)28(32)30-16-17-35-23-11-9-22(10-12-23)29(3,4)5/h6-15,18,27H,16-17,19H2,1-5H3,(H,30,32). The van der Waals surface area contributed by atoms with Crippen molar-refractivity contribution in [2.24, 2.45) is 0 Å². The third kappa shape index (κ3) is 6.07. The first kappa shape index (κ1) is 26.5. The molecule has 0 aliphatic carbocycles. The van der Waals surface area contributed by atoms with Crippen molar-refractivity contribution in [1.82, 2.24) is 5.32 Å². The Hall–Kier alpha value is -3.52. The number of sulfonamides is 1. The van der Waals surface area contributed by atoms with Crippen molar-refractivity contribution in [3.05, 3.63) is 83.4 Å². The summed E-state index contributed by atoms with van der Waals surface area (Å²) in [6.07, 6.45) is -0.999. The number of nitrogens with one attached hydrogen (secondary N) is 1. The van der Waals surface area contributed by atoms with Gasteiger partial charge in [0.2, 0.25) is 0 Å². The fraction of sp³-hybridized carbons (Fsp3) is 0.345. The molecule has 0 saturated heterocycles. The Morgan fingerprint density at radius 3 is 2.30 bits per heavy atom. The smallest absolute Gasteiger partial charge is 0.264 e. The molecule has 1 aliphatic rings. The van der Waals surface area contributed by atoms with Crippen molar-refractivity contribution in [2.45, 2.75) is 51.0 Å². The van der Waals surface area contributed by atoms with E-state index >= 15 is 0 Å². The quantitative estimate of drug-likeness (QED) is 0.453. The predicted molar refractivity (Wildman–Crippen MR) is 145 cm³/mol. The molecule has 7 nitrogen and oxygen atoms in total. The van der Waals surface area contributed by atoms with Crippen LogP contribution in [0.2, 0.25) is 0 Å². The molecule has 0 bridgehead atoms. The van der Waals surface area contributed by atoms with Crippen LogP contribution in [-0.2, 0) is 20.2 Å². The molecule has 1 N–H and O–H groups in total. The topological polar surface area (TPSA) is 84.9 Å². The van der Waals surface area contributed by atoms with Crippen LogP contribution in [-0.4, -0.2) is 40.1 Å². The highest BCUT2D eigenvalue weighted by Crippen LogP contribution is 2.37. The van der Waals surface area contributed by atoms with Crippen molar-refractivity contribution in [2.75, 3.05) is 24.0 Å². The van der Waals surface area contributed by atoms with E-state index in [-0.39, 0.29) is 30.0 Å². The van der Waals surface area contributed by atoms with Gasteiger partial charge in [0.1, 0.15) is 18.1 Å². The van der Waals surface area contributed by atoms with E-state index in [1.807, 2.05) is 44.2 Å². The molecule has 1 aliphatic heterocycles. The second-order valence-corrected chi connectivity index (χ2v) is 12.2. The van der Waals surface area contributed by atoms with E-state index in [0.29, 0.717) is 11.4 Å². The third-order valence-corrected chi connectivity index (χ3v) is 8.07. The molecule has 0 radical (unpaired) electrons. The molecule has 0 saturated carbocycles. The van der Waals surface area contributed by atoms with E-state index in [0.717, 1.165) is 16.9 Å². The van der Waals surface area contributed by atoms with Gasteiger partial charge in [-0.2, -0.15) is 0 Å². The maximum atomic E-state index is 13.6. The summed E-state index contributed by atoms with van der Waals surface area (Å²) in [7, 11) is -3.90. The number of benzene rings is 3. The first-order valence-electron chi connectivity index (χ1n) is 12.3. The van der Waals surface area contributed by atoms with Gasteiger partial charge >= 0.3 is 0 Å². The second-order valence-electron chi connectivity index (χ2n) is 10.3. The van der Waals surface area contributed by atoms with Gasteiger partial charge in [-0.3, -0.25) is 9.10 Å². The molecule has 1 atom stereocenters. The zero-order valence-corrected chi connectivity index (χ0v) is 22.8. The Balaban J connectivity index is 1.43. The number of anilines is 1. The number of hydrogen-bond donors (Lipinski definition) is 1. The number of nitrogens with zero attached hydrogens (tertiary/aromatic N) is 1. The largest absolute Gasteiger partial charge is 0.492 e. The number of ether oxygens (including phenoxy) is 2. The van der Waals surface area contributed by atoms with Crippen molar-refractivity contribution in [1.29, 1.82) is 0 Å². The van der Waals surface area contributed by atoms with Crippen LogP contribution in [0.1, 0.15) is 37.5 Å². The van der Waals surface area contributed by atoms with Crippen molar-refractivity contribution >= 4 is 21.6 Å². The molecule has 3 aromatic rings.